The number of fused-ring (bicyclic) bond motifs is 3. The second-order valence-electron chi connectivity index (χ2n) is 12.6. The van der Waals surface area contributed by atoms with Crippen molar-refractivity contribution in [2.75, 3.05) is 0 Å². The maximum atomic E-state index is 14.2. The van der Waals surface area contributed by atoms with E-state index >= 15 is 0 Å². The maximum absolute atomic E-state index is 14.2. The molecule has 1 aromatic heterocycles. The van der Waals surface area contributed by atoms with Crippen LogP contribution in [0.5, 0.6) is 5.75 Å². The molecule has 6 N–H and O–H groups in total. The van der Waals surface area contributed by atoms with Crippen LogP contribution in [0.25, 0.3) is 0 Å². The number of phenols is 1. The first-order valence-electron chi connectivity index (χ1n) is 15.4. The highest BCUT2D eigenvalue weighted by atomic mass is 16.3. The van der Waals surface area contributed by atoms with Crippen molar-refractivity contribution < 1.29 is 34.5 Å². The number of aromatic nitrogens is 1. The second kappa shape index (κ2) is 11.9. The Morgan fingerprint density at radius 2 is 1.82 bits per heavy atom. The SMILES string of the molecule is NC(=O)C1=C(O)CC2CC3Cc4c(CCC5CCCCC5)cc(CNC(=O)c5cccnc5)c(O)c4C(=O)C3=C(O)C2C1=O. The number of aromatic hydroxyl groups is 1. The smallest absolute Gasteiger partial charge is 0.255 e. The third-order valence-corrected chi connectivity index (χ3v) is 9.97. The molecule has 44 heavy (non-hydrogen) atoms. The minimum absolute atomic E-state index is 0.00107. The molecule has 10 nitrogen and oxygen atoms in total. The molecule has 4 aliphatic rings. The van der Waals surface area contributed by atoms with Crippen molar-refractivity contribution in [2.45, 2.75) is 70.8 Å². The number of amides is 2. The number of hydrogen-bond acceptors (Lipinski definition) is 8. The standard InChI is InChI=1S/C34H37N3O7/c35-33(43)28-24(38)14-21-12-20-13-23-18(9-8-17-5-2-1-3-6-17)11-22(16-37-34(44)19-7-4-10-36-15-19)29(39)27(23)31(41)25(20)30(40)26(21)32(28)42/h4,7,10-11,15,17,20-21,26,38-40H,1-3,5-6,8-9,12-14,16H2,(H2,35,43)(H,37,44). The van der Waals surface area contributed by atoms with Gasteiger partial charge in [0.1, 0.15) is 22.8 Å². The molecule has 1 fully saturated rings. The van der Waals surface area contributed by atoms with Crippen molar-refractivity contribution in [1.82, 2.24) is 10.3 Å². The van der Waals surface area contributed by atoms with Crippen LogP contribution < -0.4 is 11.1 Å². The Balaban J connectivity index is 1.37. The molecule has 0 saturated heterocycles. The first kappa shape index (κ1) is 29.6. The Kier molecular flexibility index (Phi) is 8.00. The van der Waals surface area contributed by atoms with Gasteiger partial charge in [-0.1, -0.05) is 38.2 Å². The number of rotatable bonds is 7. The predicted octanol–water partition coefficient (Wildman–Crippen LogP) is 4.30. The number of carbonyl (C=O) groups is 4. The van der Waals surface area contributed by atoms with Crippen molar-refractivity contribution in [3.8, 4) is 5.75 Å². The number of nitrogens with one attached hydrogen (secondary N) is 1. The van der Waals surface area contributed by atoms with Crippen LogP contribution in [0.3, 0.4) is 0 Å². The van der Waals surface area contributed by atoms with Crippen molar-refractivity contribution in [3.63, 3.8) is 0 Å². The number of primary amides is 1. The number of nitrogens with zero attached hydrogens (tertiary/aromatic N) is 1. The highest BCUT2D eigenvalue weighted by Gasteiger charge is 2.50. The van der Waals surface area contributed by atoms with E-state index in [2.05, 4.69) is 10.3 Å². The van der Waals surface area contributed by atoms with Gasteiger partial charge in [-0.25, -0.2) is 0 Å². The lowest BCUT2D eigenvalue weighted by atomic mass is 9.62. The molecule has 2 amide bonds. The molecule has 0 aliphatic heterocycles. The molecule has 2 aromatic rings. The van der Waals surface area contributed by atoms with Crippen LogP contribution in [-0.2, 0) is 29.0 Å². The third kappa shape index (κ3) is 5.27. The van der Waals surface area contributed by atoms with E-state index in [-0.39, 0.29) is 41.5 Å². The fourth-order valence-corrected chi connectivity index (χ4v) is 7.81. The van der Waals surface area contributed by atoms with E-state index < -0.39 is 46.6 Å². The van der Waals surface area contributed by atoms with Crippen molar-refractivity contribution in [1.29, 1.82) is 0 Å². The summed E-state index contributed by atoms with van der Waals surface area (Å²) in [6, 6.07) is 5.16. The molecule has 0 bridgehead atoms. The Morgan fingerprint density at radius 3 is 2.52 bits per heavy atom. The first-order valence-corrected chi connectivity index (χ1v) is 15.4. The van der Waals surface area contributed by atoms with Gasteiger partial charge in [0.25, 0.3) is 11.8 Å². The number of aliphatic hydroxyl groups excluding tert-OH is 2. The normalized spacial score (nSPS) is 23.6. The minimum atomic E-state index is -1.17. The van der Waals surface area contributed by atoms with Gasteiger partial charge >= 0.3 is 0 Å². The van der Waals surface area contributed by atoms with Crippen LogP contribution in [0.2, 0.25) is 0 Å². The van der Waals surface area contributed by atoms with Gasteiger partial charge < -0.3 is 26.4 Å². The maximum Gasteiger partial charge on any atom is 0.255 e. The summed E-state index contributed by atoms with van der Waals surface area (Å²) in [5.74, 6) is -5.36. The van der Waals surface area contributed by atoms with E-state index in [0.29, 0.717) is 36.3 Å². The third-order valence-electron chi connectivity index (χ3n) is 9.97. The molecule has 4 aliphatic carbocycles. The summed E-state index contributed by atoms with van der Waals surface area (Å²) < 4.78 is 0. The molecule has 10 heteroatoms. The average Bonchev–Trinajstić information content (AvgIpc) is 3.00. The highest BCUT2D eigenvalue weighted by molar-refractivity contribution is 6.22. The summed E-state index contributed by atoms with van der Waals surface area (Å²) in [4.78, 5) is 56.0. The van der Waals surface area contributed by atoms with E-state index in [1.54, 1.807) is 18.3 Å². The highest BCUT2D eigenvalue weighted by Crippen LogP contribution is 2.50. The fraction of sp³-hybridized carbons (Fsp3) is 0.441. The van der Waals surface area contributed by atoms with Gasteiger partial charge in [0.2, 0.25) is 0 Å². The summed E-state index contributed by atoms with van der Waals surface area (Å²) in [5.41, 5.74) is 7.36. The average molecular weight is 600 g/mol. The molecule has 1 heterocycles. The number of hydrogen-bond donors (Lipinski definition) is 5. The lowest BCUT2D eigenvalue weighted by molar-refractivity contribution is -0.126. The first-order chi connectivity index (χ1) is 21.2. The quantitative estimate of drug-likeness (QED) is 0.292. The molecule has 1 saturated carbocycles. The number of Topliss-reactive ketones (excluding diaryl/α,β-unsaturated/α-hetero) is 2. The molecule has 230 valence electrons. The number of phenolic OH excluding ortho intramolecular Hbond substituents is 1. The zero-order valence-corrected chi connectivity index (χ0v) is 24.5. The van der Waals surface area contributed by atoms with Crippen LogP contribution in [-0.4, -0.2) is 43.7 Å². The van der Waals surface area contributed by atoms with Gasteiger partial charge in [-0.2, -0.15) is 0 Å². The van der Waals surface area contributed by atoms with Crippen molar-refractivity contribution in [2.24, 2.45) is 29.4 Å². The van der Waals surface area contributed by atoms with Gasteiger partial charge in [-0.15, -0.1) is 0 Å². The number of carbonyl (C=O) groups excluding carboxylic acids is 4. The van der Waals surface area contributed by atoms with Crippen molar-refractivity contribution in [3.05, 3.63) is 81.1 Å². The molecular formula is C34H37N3O7. The summed E-state index contributed by atoms with van der Waals surface area (Å²) in [7, 11) is 0. The van der Waals surface area contributed by atoms with Gasteiger partial charge in [0.05, 0.1) is 17.0 Å². The molecule has 3 unspecified atom stereocenters. The summed E-state index contributed by atoms with van der Waals surface area (Å²) >= 11 is 0. The van der Waals surface area contributed by atoms with Crippen LogP contribution in [0.1, 0.15) is 88.8 Å². The number of benzene rings is 1. The monoisotopic (exact) mass is 599 g/mol. The lowest BCUT2D eigenvalue weighted by Gasteiger charge is -2.41. The van der Waals surface area contributed by atoms with E-state index in [1.807, 2.05) is 6.07 Å². The number of pyridine rings is 1. The second-order valence-corrected chi connectivity index (χ2v) is 12.6. The van der Waals surface area contributed by atoms with E-state index in [0.717, 1.165) is 30.4 Å². The van der Waals surface area contributed by atoms with E-state index in [9.17, 15) is 34.5 Å². The molecule has 3 atom stereocenters. The van der Waals surface area contributed by atoms with Crippen LogP contribution >= 0.6 is 0 Å². The topological polar surface area (TPSA) is 180 Å². The zero-order chi connectivity index (χ0) is 31.1. The number of aryl methyl sites for hydroxylation is 1. The molecule has 1 aromatic carbocycles. The Hall–Kier alpha value is -4.47. The summed E-state index contributed by atoms with van der Waals surface area (Å²) in [6.07, 6.45) is 11.4. The van der Waals surface area contributed by atoms with Crippen LogP contribution in [0.15, 0.2) is 53.3 Å². The van der Waals surface area contributed by atoms with Crippen LogP contribution in [0.4, 0.5) is 0 Å². The Labute approximate surface area is 255 Å². The van der Waals surface area contributed by atoms with Gasteiger partial charge in [0, 0.05) is 36.5 Å². The molecule has 6 rings (SSSR count). The zero-order valence-electron chi connectivity index (χ0n) is 24.5. The van der Waals surface area contributed by atoms with E-state index in [1.165, 1.54) is 25.5 Å². The lowest BCUT2D eigenvalue weighted by Crippen LogP contribution is -2.43. The summed E-state index contributed by atoms with van der Waals surface area (Å²) in [5, 5.41) is 36.1. The van der Waals surface area contributed by atoms with Gasteiger partial charge in [-0.3, -0.25) is 24.2 Å². The van der Waals surface area contributed by atoms with Gasteiger partial charge in [0.15, 0.2) is 11.6 Å². The molecule has 0 spiro atoms. The Morgan fingerprint density at radius 1 is 1.05 bits per heavy atom. The number of aliphatic hydroxyl groups is 2. The Bertz CT molecular complexity index is 1600. The fourth-order valence-electron chi connectivity index (χ4n) is 7.81. The number of allylic oxidation sites excluding steroid dienone is 3. The number of nitrogens with two attached hydrogens (primary N) is 1. The molecular weight excluding hydrogens is 562 g/mol. The largest absolute Gasteiger partial charge is 0.511 e. The minimum Gasteiger partial charge on any atom is -0.511 e. The van der Waals surface area contributed by atoms with Crippen molar-refractivity contribution >= 4 is 23.4 Å². The van der Waals surface area contributed by atoms with Crippen LogP contribution in [0, 0.1) is 23.7 Å². The number of ketones is 2. The molecule has 0 radical (unpaired) electrons. The van der Waals surface area contributed by atoms with E-state index in [4.69, 9.17) is 5.73 Å². The van der Waals surface area contributed by atoms with Gasteiger partial charge in [-0.05, 0) is 66.7 Å². The predicted molar refractivity (Wildman–Crippen MR) is 160 cm³/mol. The summed E-state index contributed by atoms with van der Waals surface area (Å²) in [6.45, 7) is -0.0275.